The highest BCUT2D eigenvalue weighted by Crippen LogP contribution is 2.26. The second-order valence-corrected chi connectivity index (χ2v) is 2.84. The van der Waals surface area contributed by atoms with Crippen LogP contribution in [0.15, 0.2) is 12.3 Å². The van der Waals surface area contributed by atoms with E-state index in [-0.39, 0.29) is 18.3 Å². The van der Waals surface area contributed by atoms with Crippen molar-refractivity contribution in [3.63, 3.8) is 0 Å². The maximum absolute atomic E-state index is 10.8. The number of fused-ring (bicyclic) bond motifs is 1. The highest BCUT2D eigenvalue weighted by molar-refractivity contribution is 5.60. The lowest BCUT2D eigenvalue weighted by Crippen LogP contribution is -2.32. The molecule has 0 aromatic heterocycles. The van der Waals surface area contributed by atoms with Crippen molar-refractivity contribution in [1.82, 2.24) is 0 Å². The molecule has 5 heteroatoms. The van der Waals surface area contributed by atoms with E-state index in [0.717, 1.165) is 0 Å². The maximum atomic E-state index is 10.8. The molecule has 1 saturated heterocycles. The third-order valence-corrected chi connectivity index (χ3v) is 2.06. The van der Waals surface area contributed by atoms with E-state index >= 15 is 0 Å². The molecule has 2 rings (SSSR count). The van der Waals surface area contributed by atoms with Crippen molar-refractivity contribution in [2.24, 2.45) is 0 Å². The highest BCUT2D eigenvalue weighted by atomic mass is 16.7. The second kappa shape index (κ2) is 3.26. The molecule has 13 heavy (non-hydrogen) atoms. The summed E-state index contributed by atoms with van der Waals surface area (Å²) in [6.45, 7) is 0.356. The van der Waals surface area contributed by atoms with Gasteiger partial charge >= 0.3 is 6.16 Å². The summed E-state index contributed by atoms with van der Waals surface area (Å²) in [6.07, 6.45) is 1.99. The molecule has 2 heterocycles. The van der Waals surface area contributed by atoms with E-state index < -0.39 is 6.16 Å². The molecule has 5 nitrogen and oxygen atoms in total. The van der Waals surface area contributed by atoms with Crippen LogP contribution in [0.4, 0.5) is 4.79 Å². The second-order valence-electron chi connectivity index (χ2n) is 2.84. The standard InChI is InChI=1S/C8H10O5/c1-10-8(9)13-6-4-12-5-2-3-11-7(5)6/h2-3,5-7H,4H2,1H3/t5-,6?,7+/m1/s1. The Morgan fingerprint density at radius 1 is 1.62 bits per heavy atom. The number of carbonyl (C=O) groups excluding carboxylic acids is 1. The van der Waals surface area contributed by atoms with Crippen LogP contribution in [0.2, 0.25) is 0 Å². The van der Waals surface area contributed by atoms with Gasteiger partial charge in [0.2, 0.25) is 0 Å². The Morgan fingerprint density at radius 3 is 3.23 bits per heavy atom. The van der Waals surface area contributed by atoms with E-state index in [0.29, 0.717) is 6.61 Å². The van der Waals surface area contributed by atoms with Gasteiger partial charge in [-0.1, -0.05) is 0 Å². The Balaban J connectivity index is 1.91. The van der Waals surface area contributed by atoms with Gasteiger partial charge in [0, 0.05) is 0 Å². The first kappa shape index (κ1) is 8.37. The lowest BCUT2D eigenvalue weighted by Gasteiger charge is -2.15. The molecule has 0 saturated carbocycles. The van der Waals surface area contributed by atoms with Gasteiger partial charge in [-0.05, 0) is 6.08 Å². The summed E-state index contributed by atoms with van der Waals surface area (Å²) in [5, 5.41) is 0. The Bertz CT molecular complexity index is 237. The molecular formula is C8H10O5. The SMILES string of the molecule is COC(=O)OC1CO[C@@H]2C=CO[C@H]12. The molecule has 0 N–H and O–H groups in total. The lowest BCUT2D eigenvalue weighted by atomic mass is 10.2. The zero-order valence-corrected chi connectivity index (χ0v) is 7.14. The average molecular weight is 186 g/mol. The predicted octanol–water partition coefficient (Wildman–Crippen LogP) is 0.449. The molecule has 0 spiro atoms. The first-order valence-corrected chi connectivity index (χ1v) is 3.99. The monoisotopic (exact) mass is 186 g/mol. The Labute approximate surface area is 75.2 Å². The molecule has 72 valence electrons. The zero-order valence-electron chi connectivity index (χ0n) is 7.14. The molecule has 0 aromatic rings. The van der Waals surface area contributed by atoms with Gasteiger partial charge in [0.15, 0.2) is 12.2 Å². The van der Waals surface area contributed by atoms with Crippen molar-refractivity contribution in [2.75, 3.05) is 13.7 Å². The van der Waals surface area contributed by atoms with Crippen molar-refractivity contribution >= 4 is 6.16 Å². The van der Waals surface area contributed by atoms with Crippen molar-refractivity contribution in [3.05, 3.63) is 12.3 Å². The van der Waals surface area contributed by atoms with Gasteiger partial charge in [-0.2, -0.15) is 0 Å². The van der Waals surface area contributed by atoms with Crippen molar-refractivity contribution < 1.29 is 23.7 Å². The molecule has 0 aromatic carbocycles. The van der Waals surface area contributed by atoms with Crippen LogP contribution in [-0.4, -0.2) is 38.2 Å². The largest absolute Gasteiger partial charge is 0.508 e. The number of carbonyl (C=O) groups is 1. The summed E-state index contributed by atoms with van der Waals surface area (Å²) in [4.78, 5) is 10.8. The minimum absolute atomic E-state index is 0.0883. The zero-order chi connectivity index (χ0) is 9.26. The summed E-state index contributed by atoms with van der Waals surface area (Å²) >= 11 is 0. The molecule has 2 aliphatic heterocycles. The van der Waals surface area contributed by atoms with E-state index in [1.54, 1.807) is 12.3 Å². The maximum Gasteiger partial charge on any atom is 0.508 e. The first-order valence-electron chi connectivity index (χ1n) is 3.99. The van der Waals surface area contributed by atoms with Crippen LogP contribution in [0.3, 0.4) is 0 Å². The van der Waals surface area contributed by atoms with Gasteiger partial charge in [-0.3, -0.25) is 0 Å². The van der Waals surface area contributed by atoms with Gasteiger partial charge in [0.05, 0.1) is 20.0 Å². The Kier molecular flexibility index (Phi) is 2.10. The van der Waals surface area contributed by atoms with Crippen molar-refractivity contribution in [2.45, 2.75) is 18.3 Å². The average Bonchev–Trinajstić information content (AvgIpc) is 2.69. The molecule has 3 atom stereocenters. The predicted molar refractivity (Wildman–Crippen MR) is 41.0 cm³/mol. The molecular weight excluding hydrogens is 176 g/mol. The van der Waals surface area contributed by atoms with E-state index in [9.17, 15) is 4.79 Å². The Morgan fingerprint density at radius 2 is 2.46 bits per heavy atom. The quantitative estimate of drug-likeness (QED) is 0.556. The molecule has 1 fully saturated rings. The number of rotatable bonds is 1. The van der Waals surface area contributed by atoms with E-state index in [4.69, 9.17) is 14.2 Å². The minimum Gasteiger partial charge on any atom is -0.491 e. The summed E-state index contributed by atoms with van der Waals surface area (Å²) in [5.41, 5.74) is 0. The molecule has 0 aliphatic carbocycles. The topological polar surface area (TPSA) is 54.0 Å². The summed E-state index contributed by atoms with van der Waals surface area (Å²) in [5.74, 6) is 0. The van der Waals surface area contributed by atoms with Crippen molar-refractivity contribution in [3.8, 4) is 0 Å². The van der Waals surface area contributed by atoms with E-state index in [1.807, 2.05) is 0 Å². The van der Waals surface area contributed by atoms with Crippen LogP contribution < -0.4 is 0 Å². The third kappa shape index (κ3) is 1.47. The fourth-order valence-corrected chi connectivity index (χ4v) is 1.42. The third-order valence-electron chi connectivity index (χ3n) is 2.06. The van der Waals surface area contributed by atoms with Crippen LogP contribution in [0.25, 0.3) is 0 Å². The highest BCUT2D eigenvalue weighted by Gasteiger charge is 2.42. The van der Waals surface area contributed by atoms with Gasteiger partial charge < -0.3 is 18.9 Å². The number of methoxy groups -OCH3 is 1. The van der Waals surface area contributed by atoms with Crippen LogP contribution in [0.5, 0.6) is 0 Å². The molecule has 0 radical (unpaired) electrons. The van der Waals surface area contributed by atoms with E-state index in [2.05, 4.69) is 4.74 Å². The molecule has 0 amide bonds. The normalized spacial score (nSPS) is 35.3. The minimum atomic E-state index is -0.704. The lowest BCUT2D eigenvalue weighted by molar-refractivity contribution is -0.00606. The number of hydrogen-bond donors (Lipinski definition) is 0. The van der Waals surface area contributed by atoms with Gasteiger partial charge in [0.1, 0.15) is 6.10 Å². The number of hydrogen-bond acceptors (Lipinski definition) is 5. The fourth-order valence-electron chi connectivity index (χ4n) is 1.42. The Hall–Kier alpha value is -1.23. The molecule has 2 aliphatic rings. The van der Waals surface area contributed by atoms with Crippen LogP contribution in [-0.2, 0) is 18.9 Å². The first-order chi connectivity index (χ1) is 6.31. The van der Waals surface area contributed by atoms with Gasteiger partial charge in [0.25, 0.3) is 0 Å². The van der Waals surface area contributed by atoms with Crippen LogP contribution in [0, 0.1) is 0 Å². The van der Waals surface area contributed by atoms with Gasteiger partial charge in [-0.15, -0.1) is 0 Å². The summed E-state index contributed by atoms with van der Waals surface area (Å²) in [7, 11) is 1.27. The molecule has 1 unspecified atom stereocenters. The van der Waals surface area contributed by atoms with Gasteiger partial charge in [-0.25, -0.2) is 4.79 Å². The van der Waals surface area contributed by atoms with Crippen molar-refractivity contribution in [1.29, 1.82) is 0 Å². The number of ether oxygens (including phenoxy) is 4. The molecule has 0 bridgehead atoms. The smallest absolute Gasteiger partial charge is 0.491 e. The van der Waals surface area contributed by atoms with Crippen LogP contribution in [0.1, 0.15) is 0 Å². The van der Waals surface area contributed by atoms with Crippen LogP contribution >= 0.6 is 0 Å². The summed E-state index contributed by atoms with van der Waals surface area (Å²) < 4.78 is 19.8. The summed E-state index contributed by atoms with van der Waals surface area (Å²) in [6, 6.07) is 0. The fraction of sp³-hybridized carbons (Fsp3) is 0.625. The van der Waals surface area contributed by atoms with E-state index in [1.165, 1.54) is 7.11 Å².